The van der Waals surface area contributed by atoms with Crippen molar-refractivity contribution in [3.8, 4) is 34.5 Å². The molecule has 0 fully saturated rings. The molecule has 2 heterocycles. The van der Waals surface area contributed by atoms with Gasteiger partial charge in [0.25, 0.3) is 5.89 Å². The predicted molar refractivity (Wildman–Crippen MR) is 64.1 cm³/mol. The van der Waals surface area contributed by atoms with Gasteiger partial charge in [-0.2, -0.15) is 4.98 Å². The first-order valence-electron chi connectivity index (χ1n) is 5.37. The van der Waals surface area contributed by atoms with Gasteiger partial charge in [0.05, 0.1) is 5.56 Å². The van der Waals surface area contributed by atoms with Gasteiger partial charge in [0.15, 0.2) is 11.5 Å². The fraction of sp³-hybridized carbons (Fsp3) is 0. The lowest BCUT2D eigenvalue weighted by Gasteiger charge is -2.00. The number of rotatable bonds is 2. The van der Waals surface area contributed by atoms with Crippen LogP contribution in [-0.2, 0) is 0 Å². The van der Waals surface area contributed by atoms with Gasteiger partial charge in [-0.15, -0.1) is 0 Å². The lowest BCUT2D eigenvalue weighted by molar-refractivity contribution is 0.397. The third-order valence-corrected chi connectivity index (χ3v) is 2.48. The summed E-state index contributed by atoms with van der Waals surface area (Å²) < 4.78 is 5.05. The van der Waals surface area contributed by atoms with E-state index >= 15 is 0 Å². The number of phenolic OH excluding ortho intramolecular Hbond substituents is 2. The fourth-order valence-electron chi connectivity index (χ4n) is 1.56. The van der Waals surface area contributed by atoms with Crippen LogP contribution >= 0.6 is 0 Å². The van der Waals surface area contributed by atoms with E-state index in [2.05, 4.69) is 20.1 Å². The summed E-state index contributed by atoms with van der Waals surface area (Å²) in [6.07, 6.45) is 2.93. The molecule has 0 saturated heterocycles. The smallest absolute Gasteiger partial charge is 0.262 e. The average Bonchev–Trinajstić information content (AvgIpc) is 2.92. The molecule has 7 heteroatoms. The molecule has 0 saturated carbocycles. The minimum Gasteiger partial charge on any atom is -0.504 e. The quantitative estimate of drug-likeness (QED) is 0.671. The van der Waals surface area contributed by atoms with E-state index in [1.165, 1.54) is 12.4 Å². The predicted octanol–water partition coefficient (Wildman–Crippen LogP) is 1.60. The van der Waals surface area contributed by atoms with Crippen LogP contribution in [0.3, 0.4) is 0 Å². The third kappa shape index (κ3) is 1.97. The first-order valence-corrected chi connectivity index (χ1v) is 5.37. The average molecular weight is 256 g/mol. The molecular weight excluding hydrogens is 248 g/mol. The summed E-state index contributed by atoms with van der Waals surface area (Å²) in [5, 5.41) is 22.9. The van der Waals surface area contributed by atoms with Crippen LogP contribution in [0.2, 0.25) is 0 Å². The van der Waals surface area contributed by atoms with Crippen molar-refractivity contribution < 1.29 is 14.7 Å². The summed E-state index contributed by atoms with van der Waals surface area (Å²) >= 11 is 0. The molecule has 7 nitrogen and oxygen atoms in total. The Kier molecular flexibility index (Phi) is 2.57. The fourth-order valence-corrected chi connectivity index (χ4v) is 1.56. The number of nitrogens with zero attached hydrogens (tertiary/aromatic N) is 4. The Morgan fingerprint density at radius 2 is 2.00 bits per heavy atom. The number of hydrogen-bond acceptors (Lipinski definition) is 7. The second-order valence-electron chi connectivity index (χ2n) is 3.69. The third-order valence-electron chi connectivity index (χ3n) is 2.48. The van der Waals surface area contributed by atoms with Gasteiger partial charge >= 0.3 is 0 Å². The first kappa shape index (κ1) is 11.1. The van der Waals surface area contributed by atoms with Crippen molar-refractivity contribution in [2.45, 2.75) is 0 Å². The van der Waals surface area contributed by atoms with E-state index in [-0.39, 0.29) is 28.8 Å². The summed E-state index contributed by atoms with van der Waals surface area (Å²) in [5.74, 6) is -0.179. The maximum atomic E-state index is 9.73. The number of benzene rings is 1. The molecule has 2 N–H and O–H groups in total. The molecule has 0 atom stereocenters. The summed E-state index contributed by atoms with van der Waals surface area (Å²) in [6.45, 7) is 0. The van der Waals surface area contributed by atoms with Gasteiger partial charge in [-0.05, 0) is 18.2 Å². The zero-order valence-corrected chi connectivity index (χ0v) is 9.56. The van der Waals surface area contributed by atoms with E-state index < -0.39 is 0 Å². The zero-order valence-electron chi connectivity index (χ0n) is 9.56. The molecule has 0 amide bonds. The molecule has 0 radical (unpaired) electrons. The Balaban J connectivity index is 2.05. The Morgan fingerprint density at radius 1 is 1.11 bits per heavy atom. The van der Waals surface area contributed by atoms with Gasteiger partial charge in [-0.3, -0.25) is 0 Å². The highest BCUT2D eigenvalue weighted by atomic mass is 16.5. The molecule has 1 aromatic carbocycles. The highest BCUT2D eigenvalue weighted by molar-refractivity contribution is 5.67. The largest absolute Gasteiger partial charge is 0.504 e. The number of para-hydroxylation sites is 1. The van der Waals surface area contributed by atoms with Crippen molar-refractivity contribution in [1.82, 2.24) is 20.1 Å². The van der Waals surface area contributed by atoms with Crippen molar-refractivity contribution in [2.24, 2.45) is 0 Å². The number of hydrogen-bond donors (Lipinski definition) is 2. The van der Waals surface area contributed by atoms with Gasteiger partial charge in [0.2, 0.25) is 5.82 Å². The van der Waals surface area contributed by atoms with Gasteiger partial charge in [-0.1, -0.05) is 11.2 Å². The van der Waals surface area contributed by atoms with E-state index in [0.717, 1.165) is 0 Å². The lowest BCUT2D eigenvalue weighted by Crippen LogP contribution is -1.86. The molecule has 0 aliphatic rings. The number of aromatic nitrogens is 4. The molecule has 0 aliphatic heterocycles. The van der Waals surface area contributed by atoms with Crippen LogP contribution in [0.25, 0.3) is 23.0 Å². The van der Waals surface area contributed by atoms with Gasteiger partial charge in [0, 0.05) is 6.20 Å². The maximum Gasteiger partial charge on any atom is 0.262 e. The normalized spacial score (nSPS) is 10.5. The molecule has 0 unspecified atom stereocenters. The van der Waals surface area contributed by atoms with Crippen LogP contribution < -0.4 is 0 Å². The Bertz CT molecular complexity index is 712. The van der Waals surface area contributed by atoms with Crippen LogP contribution in [0.1, 0.15) is 0 Å². The van der Waals surface area contributed by atoms with Gasteiger partial charge in [-0.25, -0.2) is 9.97 Å². The second-order valence-corrected chi connectivity index (χ2v) is 3.69. The molecule has 19 heavy (non-hydrogen) atoms. The highest BCUT2D eigenvalue weighted by Crippen LogP contribution is 2.35. The topological polar surface area (TPSA) is 105 Å². The van der Waals surface area contributed by atoms with E-state index in [1.54, 1.807) is 24.4 Å². The molecule has 94 valence electrons. The summed E-state index contributed by atoms with van der Waals surface area (Å²) in [4.78, 5) is 11.9. The van der Waals surface area contributed by atoms with Crippen molar-refractivity contribution in [1.29, 1.82) is 0 Å². The van der Waals surface area contributed by atoms with Crippen molar-refractivity contribution in [3.05, 3.63) is 36.8 Å². The first-order chi connectivity index (χ1) is 9.25. The van der Waals surface area contributed by atoms with Crippen molar-refractivity contribution in [3.63, 3.8) is 0 Å². The Hall–Kier alpha value is -2.96. The van der Waals surface area contributed by atoms with Crippen LogP contribution in [0.15, 0.2) is 41.3 Å². The summed E-state index contributed by atoms with van der Waals surface area (Å²) in [5.41, 5.74) is 0.762. The van der Waals surface area contributed by atoms with E-state index in [9.17, 15) is 10.2 Å². The van der Waals surface area contributed by atoms with Crippen molar-refractivity contribution >= 4 is 0 Å². The van der Waals surface area contributed by atoms with Crippen LogP contribution in [-0.4, -0.2) is 30.3 Å². The molecule has 0 spiro atoms. The molecule has 2 aromatic heterocycles. The minimum atomic E-state index is -0.305. The molecule has 0 bridgehead atoms. The van der Waals surface area contributed by atoms with E-state index in [4.69, 9.17) is 4.52 Å². The van der Waals surface area contributed by atoms with E-state index in [0.29, 0.717) is 5.69 Å². The summed E-state index contributed by atoms with van der Waals surface area (Å²) in [6, 6.07) is 6.13. The number of aromatic hydroxyl groups is 2. The minimum absolute atomic E-state index is 0.0991. The zero-order chi connectivity index (χ0) is 13.2. The van der Waals surface area contributed by atoms with Crippen LogP contribution in [0.5, 0.6) is 11.5 Å². The standard InChI is InChI=1S/C12H8N4O3/c17-9-3-1-2-7(10(9)18)12-15-11(16-19-12)8-4-5-13-6-14-8/h1-6,17-18H. The Morgan fingerprint density at radius 3 is 2.79 bits per heavy atom. The monoisotopic (exact) mass is 256 g/mol. The molecule has 3 aromatic rings. The lowest BCUT2D eigenvalue weighted by atomic mass is 10.2. The Labute approximate surface area is 107 Å². The van der Waals surface area contributed by atoms with E-state index in [1.807, 2.05) is 0 Å². The van der Waals surface area contributed by atoms with Crippen LogP contribution in [0, 0.1) is 0 Å². The molecule has 0 aliphatic carbocycles. The number of phenols is 2. The summed E-state index contributed by atoms with van der Waals surface area (Å²) in [7, 11) is 0. The molecule has 3 rings (SSSR count). The maximum absolute atomic E-state index is 9.73. The van der Waals surface area contributed by atoms with Crippen LogP contribution in [0.4, 0.5) is 0 Å². The van der Waals surface area contributed by atoms with Gasteiger partial charge < -0.3 is 14.7 Å². The molecular formula is C12H8N4O3. The highest BCUT2D eigenvalue weighted by Gasteiger charge is 2.16. The second kappa shape index (κ2) is 4.37. The SMILES string of the molecule is Oc1cccc(-c2nc(-c3ccncn3)no2)c1O. The van der Waals surface area contributed by atoms with Crippen molar-refractivity contribution in [2.75, 3.05) is 0 Å². The van der Waals surface area contributed by atoms with Gasteiger partial charge in [0.1, 0.15) is 12.0 Å².